The van der Waals surface area contributed by atoms with Gasteiger partial charge in [-0.15, -0.1) is 11.3 Å². The van der Waals surface area contributed by atoms with Crippen LogP contribution in [0.4, 0.5) is 0 Å². The van der Waals surface area contributed by atoms with Gasteiger partial charge in [0.25, 0.3) is 0 Å². The Morgan fingerprint density at radius 3 is 2.93 bits per heavy atom. The van der Waals surface area contributed by atoms with Gasteiger partial charge in [0.2, 0.25) is 0 Å². The van der Waals surface area contributed by atoms with Gasteiger partial charge in [0, 0.05) is 16.4 Å². The van der Waals surface area contributed by atoms with E-state index in [1.165, 1.54) is 0 Å². The molecule has 0 spiro atoms. The molecule has 74 valence electrons. The lowest BCUT2D eigenvalue weighted by Crippen LogP contribution is -2.14. The Balaban J connectivity index is 2.38. The quantitative estimate of drug-likeness (QED) is 0.911. The molecule has 0 saturated carbocycles. The number of aryl methyl sites for hydroxylation is 1. The van der Waals surface area contributed by atoms with E-state index < -0.39 is 0 Å². The first-order valence-electron chi connectivity index (χ1n) is 4.15. The molecule has 2 rings (SSSR count). The molecule has 0 amide bonds. The van der Waals surface area contributed by atoms with Crippen LogP contribution in [-0.2, 0) is 7.05 Å². The standard InChI is InChI=1S/C9H10BrN3S/c1-13-5-12-4-7(13)8(11)9-6(10)2-3-14-9/h2-5,8H,11H2,1H3. The van der Waals surface area contributed by atoms with E-state index in [0.29, 0.717) is 0 Å². The number of nitrogens with two attached hydrogens (primary N) is 1. The zero-order valence-corrected chi connectivity index (χ0v) is 10.0. The van der Waals surface area contributed by atoms with Gasteiger partial charge in [0.1, 0.15) is 0 Å². The Kier molecular flexibility index (Phi) is 2.71. The van der Waals surface area contributed by atoms with E-state index in [2.05, 4.69) is 20.9 Å². The van der Waals surface area contributed by atoms with E-state index in [9.17, 15) is 0 Å². The summed E-state index contributed by atoms with van der Waals surface area (Å²) in [4.78, 5) is 5.19. The number of hydrogen-bond donors (Lipinski definition) is 1. The average Bonchev–Trinajstić information content (AvgIpc) is 2.73. The number of thiophene rings is 1. The van der Waals surface area contributed by atoms with Gasteiger partial charge in [-0.3, -0.25) is 0 Å². The molecule has 0 saturated heterocycles. The predicted octanol–water partition coefficient (Wildman–Crippen LogP) is 2.29. The monoisotopic (exact) mass is 271 g/mol. The van der Waals surface area contributed by atoms with Gasteiger partial charge >= 0.3 is 0 Å². The first-order valence-corrected chi connectivity index (χ1v) is 5.82. The Bertz CT molecular complexity index is 394. The van der Waals surface area contributed by atoms with Crippen molar-refractivity contribution >= 4 is 27.3 Å². The van der Waals surface area contributed by atoms with Crippen LogP contribution in [0.1, 0.15) is 16.6 Å². The van der Waals surface area contributed by atoms with Gasteiger partial charge < -0.3 is 10.3 Å². The summed E-state index contributed by atoms with van der Waals surface area (Å²) in [6.45, 7) is 0. The number of imidazole rings is 1. The minimum absolute atomic E-state index is 0.100. The number of aromatic nitrogens is 2. The lowest BCUT2D eigenvalue weighted by molar-refractivity contribution is 0.753. The second kappa shape index (κ2) is 3.84. The lowest BCUT2D eigenvalue weighted by atomic mass is 10.2. The highest BCUT2D eigenvalue weighted by Gasteiger charge is 2.15. The second-order valence-corrected chi connectivity index (χ2v) is 4.84. The molecule has 3 nitrogen and oxygen atoms in total. The van der Waals surface area contributed by atoms with E-state index in [-0.39, 0.29) is 6.04 Å². The van der Waals surface area contributed by atoms with Crippen LogP contribution in [0.25, 0.3) is 0 Å². The third-order valence-electron chi connectivity index (χ3n) is 2.10. The topological polar surface area (TPSA) is 43.8 Å². The van der Waals surface area contributed by atoms with Crippen LogP contribution < -0.4 is 5.73 Å². The minimum atomic E-state index is -0.100. The highest BCUT2D eigenvalue weighted by molar-refractivity contribution is 9.10. The third kappa shape index (κ3) is 1.63. The van der Waals surface area contributed by atoms with Crippen molar-refractivity contribution < 1.29 is 0 Å². The van der Waals surface area contributed by atoms with Crippen molar-refractivity contribution in [3.8, 4) is 0 Å². The molecule has 2 heterocycles. The third-order valence-corrected chi connectivity index (χ3v) is 4.05. The summed E-state index contributed by atoms with van der Waals surface area (Å²) in [5.74, 6) is 0. The molecule has 0 fully saturated rings. The number of rotatable bonds is 2. The zero-order chi connectivity index (χ0) is 10.1. The predicted molar refractivity (Wildman–Crippen MR) is 61.3 cm³/mol. The summed E-state index contributed by atoms with van der Waals surface area (Å²) in [5, 5.41) is 2.02. The van der Waals surface area contributed by atoms with Crippen LogP contribution in [0, 0.1) is 0 Å². The van der Waals surface area contributed by atoms with Gasteiger partial charge in [0.05, 0.1) is 24.3 Å². The van der Waals surface area contributed by atoms with Crippen LogP contribution in [-0.4, -0.2) is 9.55 Å². The molecule has 0 aliphatic heterocycles. The zero-order valence-electron chi connectivity index (χ0n) is 7.64. The van der Waals surface area contributed by atoms with Crippen molar-refractivity contribution in [1.29, 1.82) is 0 Å². The lowest BCUT2D eigenvalue weighted by Gasteiger charge is -2.10. The fraction of sp³-hybridized carbons (Fsp3) is 0.222. The summed E-state index contributed by atoms with van der Waals surface area (Å²) in [6, 6.07) is 1.91. The Labute approximate surface area is 94.7 Å². The molecule has 1 unspecified atom stereocenters. The Hall–Kier alpha value is -0.650. The molecule has 0 aliphatic carbocycles. The molecular weight excluding hydrogens is 262 g/mol. The molecule has 5 heteroatoms. The molecule has 0 bridgehead atoms. The van der Waals surface area contributed by atoms with Gasteiger partial charge in [-0.05, 0) is 27.4 Å². The smallest absolute Gasteiger partial charge is 0.0946 e. The van der Waals surface area contributed by atoms with Crippen molar-refractivity contribution in [2.24, 2.45) is 12.8 Å². The van der Waals surface area contributed by atoms with Crippen molar-refractivity contribution in [3.63, 3.8) is 0 Å². The average molecular weight is 272 g/mol. The van der Waals surface area contributed by atoms with Crippen LogP contribution in [0.5, 0.6) is 0 Å². The molecule has 0 aliphatic rings. The normalized spacial score (nSPS) is 13.1. The molecule has 2 aromatic heterocycles. The number of hydrogen-bond acceptors (Lipinski definition) is 3. The van der Waals surface area contributed by atoms with E-state index in [0.717, 1.165) is 15.0 Å². The van der Waals surface area contributed by atoms with E-state index in [1.807, 2.05) is 23.1 Å². The highest BCUT2D eigenvalue weighted by atomic mass is 79.9. The molecule has 0 radical (unpaired) electrons. The summed E-state index contributed by atoms with van der Waals surface area (Å²) in [7, 11) is 1.95. The van der Waals surface area contributed by atoms with Gasteiger partial charge in [-0.2, -0.15) is 0 Å². The second-order valence-electron chi connectivity index (χ2n) is 3.04. The molecular formula is C9H10BrN3S. The number of halogens is 1. The Morgan fingerprint density at radius 2 is 2.43 bits per heavy atom. The van der Waals surface area contributed by atoms with Crippen LogP contribution in [0.15, 0.2) is 28.4 Å². The fourth-order valence-electron chi connectivity index (χ4n) is 1.33. The largest absolute Gasteiger partial charge is 0.336 e. The molecule has 0 aromatic carbocycles. The van der Waals surface area contributed by atoms with Crippen LogP contribution >= 0.6 is 27.3 Å². The van der Waals surface area contributed by atoms with Crippen molar-refractivity contribution in [2.45, 2.75) is 6.04 Å². The van der Waals surface area contributed by atoms with Gasteiger partial charge in [-0.25, -0.2) is 4.98 Å². The van der Waals surface area contributed by atoms with Crippen LogP contribution in [0.2, 0.25) is 0 Å². The van der Waals surface area contributed by atoms with Crippen LogP contribution in [0.3, 0.4) is 0 Å². The van der Waals surface area contributed by atoms with Gasteiger partial charge in [-0.1, -0.05) is 0 Å². The fourth-order valence-corrected chi connectivity index (χ4v) is 2.96. The van der Waals surface area contributed by atoms with Crippen molar-refractivity contribution in [1.82, 2.24) is 9.55 Å². The van der Waals surface area contributed by atoms with E-state index >= 15 is 0 Å². The van der Waals surface area contributed by atoms with Crippen molar-refractivity contribution in [3.05, 3.63) is 39.0 Å². The maximum absolute atomic E-state index is 6.13. The number of nitrogens with zero attached hydrogens (tertiary/aromatic N) is 2. The van der Waals surface area contributed by atoms with E-state index in [4.69, 9.17) is 5.73 Å². The summed E-state index contributed by atoms with van der Waals surface area (Å²) in [5.41, 5.74) is 7.15. The maximum atomic E-state index is 6.13. The summed E-state index contributed by atoms with van der Waals surface area (Å²) < 4.78 is 3.01. The SMILES string of the molecule is Cn1cncc1C(N)c1sccc1Br. The molecule has 2 aromatic rings. The molecule has 1 atom stereocenters. The maximum Gasteiger partial charge on any atom is 0.0946 e. The first kappa shape index (κ1) is 9.89. The minimum Gasteiger partial charge on any atom is -0.336 e. The van der Waals surface area contributed by atoms with Gasteiger partial charge in [0.15, 0.2) is 0 Å². The first-order chi connectivity index (χ1) is 6.70. The Morgan fingerprint density at radius 1 is 1.64 bits per heavy atom. The van der Waals surface area contributed by atoms with E-state index in [1.54, 1.807) is 23.9 Å². The molecule has 2 N–H and O–H groups in total. The van der Waals surface area contributed by atoms with Crippen molar-refractivity contribution in [2.75, 3.05) is 0 Å². The summed E-state index contributed by atoms with van der Waals surface area (Å²) in [6.07, 6.45) is 3.56. The highest BCUT2D eigenvalue weighted by Crippen LogP contribution is 2.30. The summed E-state index contributed by atoms with van der Waals surface area (Å²) >= 11 is 5.13. The molecule has 14 heavy (non-hydrogen) atoms.